The molecule has 0 N–H and O–H groups in total. The smallest absolute Gasteiger partial charge is 0.0708 e. The molecule has 4 atom stereocenters. The summed E-state index contributed by atoms with van der Waals surface area (Å²) in [7, 11) is 0. The second-order valence-corrected chi connectivity index (χ2v) is 6.60. The maximum atomic E-state index is 4.47. The minimum absolute atomic E-state index is 0.473. The molecule has 1 aromatic carbocycles. The van der Waals surface area contributed by atoms with Crippen LogP contribution in [0.1, 0.15) is 18.4 Å². The summed E-state index contributed by atoms with van der Waals surface area (Å²) in [5, 5.41) is 1.22. The largest absolute Gasteiger partial charge is 0.296 e. The van der Waals surface area contributed by atoms with Crippen molar-refractivity contribution in [2.24, 2.45) is 11.8 Å². The van der Waals surface area contributed by atoms with Crippen molar-refractivity contribution in [3.8, 4) is 0 Å². The summed E-state index contributed by atoms with van der Waals surface area (Å²) < 4.78 is 0. The van der Waals surface area contributed by atoms with Gasteiger partial charge < -0.3 is 0 Å². The van der Waals surface area contributed by atoms with Gasteiger partial charge in [0.1, 0.15) is 0 Å². The first kappa shape index (κ1) is 13.7. The van der Waals surface area contributed by atoms with Crippen molar-refractivity contribution >= 4 is 16.5 Å². The zero-order chi connectivity index (χ0) is 15.1. The van der Waals surface area contributed by atoms with Crippen molar-refractivity contribution in [2.75, 3.05) is 13.1 Å². The van der Waals surface area contributed by atoms with E-state index in [0.717, 1.165) is 18.0 Å². The van der Waals surface area contributed by atoms with E-state index >= 15 is 0 Å². The molecular formula is C20H22N2. The lowest BCUT2D eigenvalue weighted by Crippen LogP contribution is -2.53. The van der Waals surface area contributed by atoms with Gasteiger partial charge in [-0.2, -0.15) is 0 Å². The minimum Gasteiger partial charge on any atom is -0.296 e. The Morgan fingerprint density at radius 3 is 2.91 bits per heavy atom. The third-order valence-electron chi connectivity index (χ3n) is 5.50. The van der Waals surface area contributed by atoms with Crippen LogP contribution in [0.3, 0.4) is 0 Å². The van der Waals surface area contributed by atoms with Crippen molar-refractivity contribution < 1.29 is 0 Å². The Balaban J connectivity index is 1.69. The van der Waals surface area contributed by atoms with Gasteiger partial charge in [0.05, 0.1) is 5.52 Å². The highest BCUT2D eigenvalue weighted by Gasteiger charge is 2.40. The third kappa shape index (κ3) is 2.10. The van der Waals surface area contributed by atoms with Crippen LogP contribution in [0.2, 0.25) is 0 Å². The van der Waals surface area contributed by atoms with Crippen LogP contribution in [0.5, 0.6) is 0 Å². The lowest BCUT2D eigenvalue weighted by Gasteiger charge is -2.50. The Kier molecular flexibility index (Phi) is 3.34. The number of fused-ring (bicyclic) bond motifs is 4. The van der Waals surface area contributed by atoms with Gasteiger partial charge in [0.25, 0.3) is 0 Å². The van der Waals surface area contributed by atoms with Gasteiger partial charge in [0, 0.05) is 24.2 Å². The van der Waals surface area contributed by atoms with Gasteiger partial charge in [0.15, 0.2) is 0 Å². The molecule has 5 rings (SSSR count). The molecule has 3 aliphatic heterocycles. The molecule has 22 heavy (non-hydrogen) atoms. The van der Waals surface area contributed by atoms with Crippen molar-refractivity contribution in [1.29, 1.82) is 0 Å². The predicted octanol–water partition coefficient (Wildman–Crippen LogP) is 4.14. The number of benzene rings is 1. The summed E-state index contributed by atoms with van der Waals surface area (Å²) in [5.41, 5.74) is 3.57. The Morgan fingerprint density at radius 1 is 1.27 bits per heavy atom. The van der Waals surface area contributed by atoms with Crippen LogP contribution in [0, 0.1) is 11.8 Å². The van der Waals surface area contributed by atoms with Gasteiger partial charge in [0.2, 0.25) is 0 Å². The van der Waals surface area contributed by atoms with Crippen LogP contribution in [-0.4, -0.2) is 29.0 Å². The van der Waals surface area contributed by atoms with Gasteiger partial charge in [-0.15, -0.1) is 6.58 Å². The van der Waals surface area contributed by atoms with Gasteiger partial charge in [-0.25, -0.2) is 0 Å². The molecule has 112 valence electrons. The van der Waals surface area contributed by atoms with E-state index in [2.05, 4.69) is 53.4 Å². The molecule has 0 saturated carbocycles. The lowest BCUT2D eigenvalue weighted by atomic mass is 9.73. The summed E-state index contributed by atoms with van der Waals surface area (Å²) in [6, 6.07) is 11.0. The monoisotopic (exact) mass is 290 g/mol. The molecule has 3 saturated heterocycles. The van der Waals surface area contributed by atoms with E-state index in [-0.39, 0.29) is 0 Å². The highest BCUT2D eigenvalue weighted by atomic mass is 15.2. The lowest BCUT2D eigenvalue weighted by molar-refractivity contribution is 0.0447. The quantitative estimate of drug-likeness (QED) is 0.790. The molecular weight excluding hydrogens is 268 g/mol. The number of piperidine rings is 3. The summed E-state index contributed by atoms with van der Waals surface area (Å²) in [6.45, 7) is 10.8. The van der Waals surface area contributed by atoms with Crippen LogP contribution in [-0.2, 0) is 0 Å². The van der Waals surface area contributed by atoms with Gasteiger partial charge >= 0.3 is 0 Å². The van der Waals surface area contributed by atoms with E-state index in [9.17, 15) is 0 Å². The second kappa shape index (κ2) is 5.36. The topological polar surface area (TPSA) is 16.1 Å². The van der Waals surface area contributed by atoms with Crippen molar-refractivity contribution in [2.45, 2.75) is 18.9 Å². The molecule has 3 fully saturated rings. The molecule has 3 aliphatic rings. The number of rotatable bonds is 3. The molecule has 0 radical (unpaired) electrons. The van der Waals surface area contributed by atoms with E-state index in [4.69, 9.17) is 0 Å². The van der Waals surface area contributed by atoms with Gasteiger partial charge in [-0.05, 0) is 54.5 Å². The fourth-order valence-electron chi connectivity index (χ4n) is 4.25. The number of nitrogens with zero attached hydrogens (tertiary/aromatic N) is 2. The molecule has 0 aliphatic carbocycles. The van der Waals surface area contributed by atoms with E-state index in [1.807, 2.05) is 12.3 Å². The number of aromatic nitrogens is 1. The zero-order valence-electron chi connectivity index (χ0n) is 12.9. The van der Waals surface area contributed by atoms with Crippen LogP contribution in [0.25, 0.3) is 16.5 Å². The first-order valence-corrected chi connectivity index (χ1v) is 8.17. The molecule has 2 aromatic rings. The Morgan fingerprint density at radius 2 is 2.14 bits per heavy atom. The molecule has 1 aromatic heterocycles. The fourth-order valence-corrected chi connectivity index (χ4v) is 4.25. The average Bonchev–Trinajstić information content (AvgIpc) is 2.60. The molecule has 4 heterocycles. The number of para-hydroxylation sites is 1. The highest BCUT2D eigenvalue weighted by Crippen LogP contribution is 2.41. The molecule has 1 unspecified atom stereocenters. The van der Waals surface area contributed by atoms with Crippen LogP contribution < -0.4 is 0 Å². The van der Waals surface area contributed by atoms with Crippen LogP contribution in [0.4, 0.5) is 0 Å². The first-order valence-electron chi connectivity index (χ1n) is 8.17. The molecule has 0 amide bonds. The Bertz CT molecular complexity index is 728. The molecule has 2 heteroatoms. The number of hydrogen-bond donors (Lipinski definition) is 0. The second-order valence-electron chi connectivity index (χ2n) is 6.60. The Labute approximate surface area is 132 Å². The highest BCUT2D eigenvalue weighted by molar-refractivity contribution is 5.92. The van der Waals surface area contributed by atoms with Gasteiger partial charge in [-0.3, -0.25) is 9.88 Å². The van der Waals surface area contributed by atoms with Crippen LogP contribution >= 0.6 is 0 Å². The summed E-state index contributed by atoms with van der Waals surface area (Å²) in [4.78, 5) is 7.08. The van der Waals surface area contributed by atoms with E-state index in [0.29, 0.717) is 12.0 Å². The zero-order valence-corrected chi connectivity index (χ0v) is 12.9. The van der Waals surface area contributed by atoms with E-state index in [1.165, 1.54) is 35.9 Å². The Hall–Kier alpha value is -1.93. The third-order valence-corrected chi connectivity index (χ3v) is 5.50. The normalized spacial score (nSPS) is 30.4. The van der Waals surface area contributed by atoms with E-state index in [1.54, 1.807) is 0 Å². The molecule has 2 bridgehead atoms. The van der Waals surface area contributed by atoms with Crippen molar-refractivity contribution in [1.82, 2.24) is 9.88 Å². The predicted molar refractivity (Wildman–Crippen MR) is 92.5 cm³/mol. The van der Waals surface area contributed by atoms with Crippen molar-refractivity contribution in [3.05, 3.63) is 61.3 Å². The summed E-state index contributed by atoms with van der Waals surface area (Å²) in [6.07, 6.45) is 6.58. The first-order chi connectivity index (χ1) is 10.8. The maximum absolute atomic E-state index is 4.47. The summed E-state index contributed by atoms with van der Waals surface area (Å²) in [5.74, 6) is 1.43. The van der Waals surface area contributed by atoms with Crippen LogP contribution in [0.15, 0.2) is 55.8 Å². The summed E-state index contributed by atoms with van der Waals surface area (Å²) >= 11 is 0. The molecule has 2 nitrogen and oxygen atoms in total. The molecule has 0 spiro atoms. The minimum atomic E-state index is 0.473. The standard InChI is InChI=1S/C20H22N2/c1-3-15-13-22-11-9-16(15)12-20(22)14(2)17-8-10-21-19-7-5-4-6-18(17)19/h3-8,10,15-16,20H,1-2,9,11-13H2/t15-,16-,20+/m0/s1. The maximum Gasteiger partial charge on any atom is 0.0708 e. The van der Waals surface area contributed by atoms with Crippen molar-refractivity contribution in [3.63, 3.8) is 0 Å². The number of pyridine rings is 1. The average molecular weight is 290 g/mol. The van der Waals surface area contributed by atoms with Gasteiger partial charge in [-0.1, -0.05) is 30.9 Å². The number of hydrogen-bond acceptors (Lipinski definition) is 2. The SMILES string of the molecule is C=C[C@H]1CN2CC[C@H]1C[C@@H]2C(=C)c1ccnc2ccccc12. The fraction of sp³-hybridized carbons (Fsp3) is 0.350. The van der Waals surface area contributed by atoms with E-state index < -0.39 is 0 Å².